The molecule has 0 fully saturated rings. The molecule has 4 heteroatoms. The van der Waals surface area contributed by atoms with Gasteiger partial charge in [-0.3, -0.25) is 4.79 Å². The molecule has 0 aliphatic heterocycles. The fourth-order valence-corrected chi connectivity index (χ4v) is 1.33. The molecule has 15 heavy (non-hydrogen) atoms. The van der Waals surface area contributed by atoms with Gasteiger partial charge in [0, 0.05) is 5.56 Å². The summed E-state index contributed by atoms with van der Waals surface area (Å²) in [7, 11) is 1.52. The van der Waals surface area contributed by atoms with Crippen LogP contribution in [-0.2, 0) is 11.2 Å². The van der Waals surface area contributed by atoms with E-state index in [0.29, 0.717) is 17.7 Å². The van der Waals surface area contributed by atoms with Crippen molar-refractivity contribution in [2.24, 2.45) is 0 Å². The van der Waals surface area contributed by atoms with Gasteiger partial charge in [-0.1, -0.05) is 6.92 Å². The predicted molar refractivity (Wildman–Crippen MR) is 54.3 cm³/mol. The lowest BCUT2D eigenvalue weighted by atomic mass is 10.0. The Balaban J connectivity index is 3.18. The standard InChI is InChI=1S/C11H12O4/c1-3-7-6-8(15-2)4-5-9(7)10(12)11(13)14/h4-6H,3H2,1-2H3,(H,13,14). The molecule has 1 N–H and O–H groups in total. The molecule has 0 unspecified atom stereocenters. The Bertz CT molecular complexity index is 396. The Labute approximate surface area is 87.5 Å². The maximum atomic E-state index is 11.3. The Morgan fingerprint density at radius 1 is 1.40 bits per heavy atom. The second-order valence-corrected chi connectivity index (χ2v) is 3.01. The minimum absolute atomic E-state index is 0.228. The molecule has 1 aromatic carbocycles. The second kappa shape index (κ2) is 4.59. The zero-order chi connectivity index (χ0) is 11.4. The first-order valence-electron chi connectivity index (χ1n) is 4.54. The maximum absolute atomic E-state index is 11.3. The number of benzene rings is 1. The molecular weight excluding hydrogens is 196 g/mol. The van der Waals surface area contributed by atoms with Crippen LogP contribution in [-0.4, -0.2) is 24.0 Å². The van der Waals surface area contributed by atoms with Crippen LogP contribution in [0.5, 0.6) is 5.75 Å². The number of ether oxygens (including phenoxy) is 1. The molecule has 0 atom stereocenters. The molecule has 0 aromatic heterocycles. The van der Waals surface area contributed by atoms with Crippen molar-refractivity contribution in [2.75, 3.05) is 7.11 Å². The first-order valence-corrected chi connectivity index (χ1v) is 4.54. The zero-order valence-corrected chi connectivity index (χ0v) is 8.61. The quantitative estimate of drug-likeness (QED) is 0.602. The Morgan fingerprint density at radius 3 is 2.53 bits per heavy atom. The number of carbonyl (C=O) groups is 2. The van der Waals surface area contributed by atoms with Crippen LogP contribution < -0.4 is 4.74 Å². The molecule has 0 bridgehead atoms. The topological polar surface area (TPSA) is 63.6 Å². The molecule has 0 spiro atoms. The molecule has 4 nitrogen and oxygen atoms in total. The highest BCUT2D eigenvalue weighted by molar-refractivity contribution is 6.40. The van der Waals surface area contributed by atoms with E-state index < -0.39 is 11.8 Å². The SMILES string of the molecule is CCc1cc(OC)ccc1C(=O)C(=O)O. The largest absolute Gasteiger partial charge is 0.497 e. The van der Waals surface area contributed by atoms with Crippen molar-refractivity contribution in [3.05, 3.63) is 29.3 Å². The third-order valence-electron chi connectivity index (χ3n) is 2.13. The lowest BCUT2D eigenvalue weighted by Gasteiger charge is -2.06. The minimum atomic E-state index is -1.44. The maximum Gasteiger partial charge on any atom is 0.377 e. The van der Waals surface area contributed by atoms with E-state index in [1.54, 1.807) is 12.1 Å². The molecule has 0 saturated carbocycles. The third-order valence-corrected chi connectivity index (χ3v) is 2.13. The van der Waals surface area contributed by atoms with Gasteiger partial charge in [-0.25, -0.2) is 4.79 Å². The van der Waals surface area contributed by atoms with E-state index in [-0.39, 0.29) is 5.56 Å². The van der Waals surface area contributed by atoms with Gasteiger partial charge in [0.1, 0.15) is 5.75 Å². The van der Waals surface area contributed by atoms with Gasteiger partial charge in [0.2, 0.25) is 0 Å². The lowest BCUT2D eigenvalue weighted by Crippen LogP contribution is -2.14. The summed E-state index contributed by atoms with van der Waals surface area (Å²) in [5, 5.41) is 8.60. The summed E-state index contributed by atoms with van der Waals surface area (Å²) < 4.78 is 4.99. The molecule has 1 rings (SSSR count). The number of aryl methyl sites for hydroxylation is 1. The van der Waals surface area contributed by atoms with E-state index in [1.807, 2.05) is 6.92 Å². The number of aliphatic carboxylic acids is 1. The molecule has 0 amide bonds. The van der Waals surface area contributed by atoms with Crippen LogP contribution in [0.3, 0.4) is 0 Å². The van der Waals surface area contributed by atoms with Crippen molar-refractivity contribution in [1.29, 1.82) is 0 Å². The number of hydrogen-bond acceptors (Lipinski definition) is 3. The zero-order valence-electron chi connectivity index (χ0n) is 8.61. The molecular formula is C11H12O4. The summed E-state index contributed by atoms with van der Waals surface area (Å²) in [6, 6.07) is 4.74. The number of carbonyl (C=O) groups excluding carboxylic acids is 1. The summed E-state index contributed by atoms with van der Waals surface area (Å²) in [5.41, 5.74) is 0.910. The van der Waals surface area contributed by atoms with E-state index in [9.17, 15) is 9.59 Å². The summed E-state index contributed by atoms with van der Waals surface area (Å²) in [6.45, 7) is 1.85. The van der Waals surface area contributed by atoms with Crippen LogP contribution in [0.4, 0.5) is 0 Å². The van der Waals surface area contributed by atoms with Gasteiger partial charge in [-0.05, 0) is 30.2 Å². The molecule has 0 aliphatic rings. The Hall–Kier alpha value is -1.84. The van der Waals surface area contributed by atoms with E-state index >= 15 is 0 Å². The second-order valence-electron chi connectivity index (χ2n) is 3.01. The third kappa shape index (κ3) is 2.34. The van der Waals surface area contributed by atoms with Crippen LogP contribution in [0.2, 0.25) is 0 Å². The van der Waals surface area contributed by atoms with Crippen LogP contribution in [0.15, 0.2) is 18.2 Å². The predicted octanol–water partition coefficient (Wildman–Crippen LogP) is 1.52. The number of carboxylic acids is 1. The van der Waals surface area contributed by atoms with Crippen molar-refractivity contribution in [3.63, 3.8) is 0 Å². The number of rotatable bonds is 4. The minimum Gasteiger partial charge on any atom is -0.497 e. The average molecular weight is 208 g/mol. The van der Waals surface area contributed by atoms with Crippen LogP contribution in [0.25, 0.3) is 0 Å². The van der Waals surface area contributed by atoms with Gasteiger partial charge < -0.3 is 9.84 Å². The van der Waals surface area contributed by atoms with Gasteiger partial charge in [0.05, 0.1) is 7.11 Å². The number of carboxylic acid groups (broad SMARTS) is 1. The summed E-state index contributed by atoms with van der Waals surface area (Å²) in [5.74, 6) is -1.70. The van der Waals surface area contributed by atoms with Gasteiger partial charge in [0.15, 0.2) is 0 Å². The highest BCUT2D eigenvalue weighted by Gasteiger charge is 2.17. The van der Waals surface area contributed by atoms with E-state index in [4.69, 9.17) is 9.84 Å². The Morgan fingerprint density at radius 2 is 2.07 bits per heavy atom. The first-order chi connectivity index (χ1) is 7.10. The fourth-order valence-electron chi connectivity index (χ4n) is 1.33. The van der Waals surface area contributed by atoms with Crippen molar-refractivity contribution >= 4 is 11.8 Å². The summed E-state index contributed by atoms with van der Waals surface area (Å²) >= 11 is 0. The van der Waals surface area contributed by atoms with Gasteiger partial charge in [0.25, 0.3) is 5.78 Å². The smallest absolute Gasteiger partial charge is 0.377 e. The normalized spacial score (nSPS) is 9.73. The van der Waals surface area contributed by atoms with Crippen molar-refractivity contribution in [3.8, 4) is 5.75 Å². The van der Waals surface area contributed by atoms with Crippen LogP contribution in [0, 0.1) is 0 Å². The van der Waals surface area contributed by atoms with Crippen molar-refractivity contribution < 1.29 is 19.4 Å². The molecule has 0 heterocycles. The highest BCUT2D eigenvalue weighted by Crippen LogP contribution is 2.18. The monoisotopic (exact) mass is 208 g/mol. The van der Waals surface area contributed by atoms with Gasteiger partial charge in [-0.2, -0.15) is 0 Å². The number of hydrogen-bond donors (Lipinski definition) is 1. The Kier molecular flexibility index (Phi) is 3.44. The number of ketones is 1. The molecule has 80 valence electrons. The highest BCUT2D eigenvalue weighted by atomic mass is 16.5. The molecule has 0 aliphatic carbocycles. The van der Waals surface area contributed by atoms with Crippen molar-refractivity contribution in [2.45, 2.75) is 13.3 Å². The van der Waals surface area contributed by atoms with E-state index in [2.05, 4.69) is 0 Å². The van der Waals surface area contributed by atoms with Gasteiger partial charge >= 0.3 is 5.97 Å². The fraction of sp³-hybridized carbons (Fsp3) is 0.273. The van der Waals surface area contributed by atoms with E-state index in [1.165, 1.54) is 13.2 Å². The van der Waals surface area contributed by atoms with Crippen molar-refractivity contribution in [1.82, 2.24) is 0 Å². The van der Waals surface area contributed by atoms with Crippen LogP contribution >= 0.6 is 0 Å². The van der Waals surface area contributed by atoms with E-state index in [0.717, 1.165) is 0 Å². The summed E-state index contributed by atoms with van der Waals surface area (Å²) in [6.07, 6.45) is 0.589. The molecule has 1 aromatic rings. The number of Topliss-reactive ketones (excluding diaryl/α,β-unsaturated/α-hetero) is 1. The van der Waals surface area contributed by atoms with Crippen LogP contribution in [0.1, 0.15) is 22.8 Å². The lowest BCUT2D eigenvalue weighted by molar-refractivity contribution is -0.131. The molecule has 0 saturated heterocycles. The van der Waals surface area contributed by atoms with Gasteiger partial charge in [-0.15, -0.1) is 0 Å². The summed E-state index contributed by atoms with van der Waals surface area (Å²) in [4.78, 5) is 21.8. The average Bonchev–Trinajstić information content (AvgIpc) is 2.27. The first kappa shape index (κ1) is 11.2. The number of methoxy groups -OCH3 is 1. The molecule has 0 radical (unpaired) electrons.